The fraction of sp³-hybridized carbons (Fsp3) is 0.375. The standard InChI is InChI=1S/C8H9BrClN/c1-2-6(9)7-4-3-5-8(10)11-7/h3-6H,2H2,1H3. The zero-order valence-corrected chi connectivity index (χ0v) is 8.56. The van der Waals surface area contributed by atoms with E-state index >= 15 is 0 Å². The molecule has 0 aromatic carbocycles. The van der Waals surface area contributed by atoms with Gasteiger partial charge in [-0.1, -0.05) is 40.5 Å². The molecule has 1 rings (SSSR count). The Labute approximate surface area is 79.9 Å². The molecule has 1 heterocycles. The SMILES string of the molecule is CCC(Br)c1cccc(Cl)n1. The van der Waals surface area contributed by atoms with Crippen LogP contribution in [0.15, 0.2) is 18.2 Å². The Kier molecular flexibility index (Phi) is 3.34. The first-order valence-corrected chi connectivity index (χ1v) is 4.80. The van der Waals surface area contributed by atoms with E-state index in [-0.39, 0.29) is 0 Å². The van der Waals surface area contributed by atoms with Gasteiger partial charge in [0.2, 0.25) is 0 Å². The van der Waals surface area contributed by atoms with Crippen molar-refractivity contribution in [2.24, 2.45) is 0 Å². The molecular formula is C8H9BrClN. The third-order valence-electron chi connectivity index (χ3n) is 1.42. The van der Waals surface area contributed by atoms with Crippen LogP contribution < -0.4 is 0 Å². The van der Waals surface area contributed by atoms with Gasteiger partial charge in [-0.15, -0.1) is 0 Å². The number of nitrogens with zero attached hydrogens (tertiary/aromatic N) is 1. The summed E-state index contributed by atoms with van der Waals surface area (Å²) in [5, 5.41) is 0.556. The summed E-state index contributed by atoms with van der Waals surface area (Å²) in [6.45, 7) is 2.10. The van der Waals surface area contributed by atoms with Crippen molar-refractivity contribution in [1.29, 1.82) is 0 Å². The zero-order chi connectivity index (χ0) is 8.27. The molecular weight excluding hydrogens is 225 g/mol. The summed E-state index contributed by atoms with van der Waals surface area (Å²) in [5.74, 6) is 0. The van der Waals surface area contributed by atoms with Gasteiger partial charge >= 0.3 is 0 Å². The molecule has 0 amide bonds. The highest BCUT2D eigenvalue weighted by Gasteiger charge is 2.05. The van der Waals surface area contributed by atoms with Crippen molar-refractivity contribution in [2.75, 3.05) is 0 Å². The second-order valence-corrected chi connectivity index (χ2v) is 3.75. The maximum atomic E-state index is 5.71. The van der Waals surface area contributed by atoms with Crippen LogP contribution in [0.3, 0.4) is 0 Å². The summed E-state index contributed by atoms with van der Waals surface area (Å²) in [5.41, 5.74) is 1.00. The summed E-state index contributed by atoms with van der Waals surface area (Å²) >= 11 is 9.21. The molecule has 0 saturated carbocycles. The molecule has 0 radical (unpaired) electrons. The van der Waals surface area contributed by atoms with Crippen molar-refractivity contribution in [3.8, 4) is 0 Å². The van der Waals surface area contributed by atoms with Gasteiger partial charge in [-0.05, 0) is 18.6 Å². The first-order chi connectivity index (χ1) is 5.24. The molecule has 0 aliphatic rings. The first kappa shape index (κ1) is 9.01. The van der Waals surface area contributed by atoms with Crippen LogP contribution >= 0.6 is 27.5 Å². The molecule has 0 aliphatic carbocycles. The number of hydrogen-bond donors (Lipinski definition) is 0. The molecule has 1 aromatic heterocycles. The molecule has 0 bridgehead atoms. The van der Waals surface area contributed by atoms with Gasteiger partial charge in [-0.25, -0.2) is 4.98 Å². The maximum absolute atomic E-state index is 5.71. The minimum absolute atomic E-state index is 0.321. The van der Waals surface area contributed by atoms with Crippen LogP contribution in [0, 0.1) is 0 Å². The van der Waals surface area contributed by atoms with E-state index in [2.05, 4.69) is 27.8 Å². The highest BCUT2D eigenvalue weighted by molar-refractivity contribution is 9.09. The highest BCUT2D eigenvalue weighted by Crippen LogP contribution is 2.24. The lowest BCUT2D eigenvalue weighted by Crippen LogP contribution is -1.91. The van der Waals surface area contributed by atoms with Crippen LogP contribution in [0.25, 0.3) is 0 Å². The van der Waals surface area contributed by atoms with Crippen LogP contribution in [0.5, 0.6) is 0 Å². The van der Waals surface area contributed by atoms with Crippen molar-refractivity contribution < 1.29 is 0 Å². The summed E-state index contributed by atoms with van der Waals surface area (Å²) in [6.07, 6.45) is 1.02. The van der Waals surface area contributed by atoms with Crippen LogP contribution in [0.4, 0.5) is 0 Å². The Balaban J connectivity index is 2.86. The minimum atomic E-state index is 0.321. The van der Waals surface area contributed by atoms with Crippen molar-refractivity contribution in [3.05, 3.63) is 29.0 Å². The van der Waals surface area contributed by atoms with Crippen molar-refractivity contribution in [2.45, 2.75) is 18.2 Å². The summed E-state index contributed by atoms with van der Waals surface area (Å²) in [6, 6.07) is 5.66. The Hall–Kier alpha value is -0.0800. The van der Waals surface area contributed by atoms with E-state index in [4.69, 9.17) is 11.6 Å². The van der Waals surface area contributed by atoms with E-state index in [1.165, 1.54) is 0 Å². The largest absolute Gasteiger partial charge is 0.240 e. The van der Waals surface area contributed by atoms with E-state index in [9.17, 15) is 0 Å². The molecule has 0 saturated heterocycles. The van der Waals surface area contributed by atoms with Gasteiger partial charge in [0.05, 0.1) is 10.5 Å². The number of aromatic nitrogens is 1. The molecule has 1 unspecified atom stereocenters. The average molecular weight is 235 g/mol. The second-order valence-electron chi connectivity index (χ2n) is 2.26. The van der Waals surface area contributed by atoms with Crippen molar-refractivity contribution in [1.82, 2.24) is 4.98 Å². The molecule has 60 valence electrons. The van der Waals surface area contributed by atoms with Gasteiger partial charge < -0.3 is 0 Å². The van der Waals surface area contributed by atoms with Gasteiger partial charge in [0, 0.05) is 0 Å². The van der Waals surface area contributed by atoms with Crippen LogP contribution in [-0.2, 0) is 0 Å². The summed E-state index contributed by atoms with van der Waals surface area (Å²) in [4.78, 5) is 4.48. The number of halogens is 2. The Morgan fingerprint density at radius 3 is 2.91 bits per heavy atom. The van der Waals surface area contributed by atoms with E-state index in [0.717, 1.165) is 12.1 Å². The topological polar surface area (TPSA) is 12.9 Å². The van der Waals surface area contributed by atoms with Gasteiger partial charge in [0.1, 0.15) is 5.15 Å². The lowest BCUT2D eigenvalue weighted by atomic mass is 10.2. The molecule has 1 aromatic rings. The number of alkyl halides is 1. The molecule has 1 atom stereocenters. The quantitative estimate of drug-likeness (QED) is 0.563. The van der Waals surface area contributed by atoms with Gasteiger partial charge in [0.25, 0.3) is 0 Å². The maximum Gasteiger partial charge on any atom is 0.129 e. The predicted octanol–water partition coefficient (Wildman–Crippen LogP) is 3.58. The number of pyridine rings is 1. The molecule has 0 spiro atoms. The van der Waals surface area contributed by atoms with Gasteiger partial charge in [-0.3, -0.25) is 0 Å². The van der Waals surface area contributed by atoms with Crippen LogP contribution in [0.2, 0.25) is 5.15 Å². The average Bonchev–Trinajstić information content (AvgIpc) is 2.03. The Morgan fingerprint density at radius 1 is 1.64 bits per heavy atom. The molecule has 0 N–H and O–H groups in total. The lowest BCUT2D eigenvalue weighted by Gasteiger charge is -2.04. The second kappa shape index (κ2) is 4.07. The lowest BCUT2D eigenvalue weighted by molar-refractivity contribution is 0.873. The fourth-order valence-electron chi connectivity index (χ4n) is 0.808. The smallest absolute Gasteiger partial charge is 0.129 e. The van der Waals surface area contributed by atoms with E-state index in [1.54, 1.807) is 6.07 Å². The predicted molar refractivity (Wildman–Crippen MR) is 51.2 cm³/mol. The normalized spacial score (nSPS) is 13.0. The summed E-state index contributed by atoms with van der Waals surface area (Å²) < 4.78 is 0. The Morgan fingerprint density at radius 2 is 2.36 bits per heavy atom. The third kappa shape index (κ3) is 2.46. The zero-order valence-electron chi connectivity index (χ0n) is 6.22. The van der Waals surface area contributed by atoms with E-state index < -0.39 is 0 Å². The van der Waals surface area contributed by atoms with E-state index in [0.29, 0.717) is 9.98 Å². The van der Waals surface area contributed by atoms with Gasteiger partial charge in [-0.2, -0.15) is 0 Å². The molecule has 0 fully saturated rings. The van der Waals surface area contributed by atoms with Crippen molar-refractivity contribution >= 4 is 27.5 Å². The Bertz CT molecular complexity index is 239. The van der Waals surface area contributed by atoms with Crippen LogP contribution in [0.1, 0.15) is 23.9 Å². The number of hydrogen-bond acceptors (Lipinski definition) is 1. The molecule has 11 heavy (non-hydrogen) atoms. The molecule has 0 aliphatic heterocycles. The third-order valence-corrected chi connectivity index (χ3v) is 2.74. The fourth-order valence-corrected chi connectivity index (χ4v) is 1.23. The highest BCUT2D eigenvalue weighted by atomic mass is 79.9. The van der Waals surface area contributed by atoms with E-state index in [1.807, 2.05) is 12.1 Å². The van der Waals surface area contributed by atoms with Crippen molar-refractivity contribution in [3.63, 3.8) is 0 Å². The first-order valence-electron chi connectivity index (χ1n) is 3.50. The monoisotopic (exact) mass is 233 g/mol. The molecule has 3 heteroatoms. The number of rotatable bonds is 2. The van der Waals surface area contributed by atoms with Gasteiger partial charge in [0.15, 0.2) is 0 Å². The summed E-state index contributed by atoms with van der Waals surface area (Å²) in [7, 11) is 0. The minimum Gasteiger partial charge on any atom is -0.240 e. The molecule has 1 nitrogen and oxygen atoms in total. The van der Waals surface area contributed by atoms with Crippen LogP contribution in [-0.4, -0.2) is 4.98 Å².